The van der Waals surface area contributed by atoms with Gasteiger partial charge in [-0.05, 0) is 30.4 Å². The summed E-state index contributed by atoms with van der Waals surface area (Å²) in [6.45, 7) is 0.579. The lowest BCUT2D eigenvalue weighted by Crippen LogP contribution is -2.53. The third-order valence-corrected chi connectivity index (χ3v) is 4.16. The molecule has 1 fully saturated rings. The number of hydrogen-bond donors (Lipinski definition) is 1. The normalized spacial score (nSPS) is 22.9. The molecule has 5 nitrogen and oxygen atoms in total. The van der Waals surface area contributed by atoms with Crippen molar-refractivity contribution in [1.29, 1.82) is 0 Å². The Kier molecular flexibility index (Phi) is 3.08. The van der Waals surface area contributed by atoms with Crippen LogP contribution in [-0.4, -0.2) is 22.1 Å². The van der Waals surface area contributed by atoms with Crippen LogP contribution in [0.2, 0.25) is 0 Å². The van der Waals surface area contributed by atoms with Gasteiger partial charge >= 0.3 is 0 Å². The molecule has 2 heterocycles. The van der Waals surface area contributed by atoms with Gasteiger partial charge in [0.1, 0.15) is 6.33 Å². The smallest absolute Gasteiger partial charge is 0.290 e. The molecule has 0 spiro atoms. The highest BCUT2D eigenvalue weighted by Crippen LogP contribution is 2.36. The van der Waals surface area contributed by atoms with E-state index in [4.69, 9.17) is 4.74 Å². The molecule has 5 heteroatoms. The fraction of sp³-hybridized carbons (Fsp3) is 0.294. The average Bonchev–Trinajstić information content (AvgIpc) is 3.23. The fourth-order valence-corrected chi connectivity index (χ4v) is 2.74. The van der Waals surface area contributed by atoms with E-state index in [0.717, 1.165) is 11.1 Å². The molecular weight excluding hydrogens is 278 g/mol. The first-order valence-corrected chi connectivity index (χ1v) is 7.50. The van der Waals surface area contributed by atoms with Gasteiger partial charge in [-0.25, -0.2) is 4.98 Å². The van der Waals surface area contributed by atoms with E-state index in [1.807, 2.05) is 30.3 Å². The minimum atomic E-state index is -1.19. The highest BCUT2D eigenvalue weighted by molar-refractivity contribution is 5.90. The average molecular weight is 295 g/mol. The number of carbonyl (C=O) groups is 1. The summed E-state index contributed by atoms with van der Waals surface area (Å²) in [7, 11) is 0. The number of nitrogens with one attached hydrogen (secondary N) is 1. The second-order valence-corrected chi connectivity index (χ2v) is 5.78. The number of hydrogen-bond acceptors (Lipinski definition) is 4. The largest absolute Gasteiger partial charge is 0.352 e. The molecule has 1 aromatic carbocycles. The van der Waals surface area contributed by atoms with E-state index >= 15 is 0 Å². The van der Waals surface area contributed by atoms with Crippen molar-refractivity contribution in [3.63, 3.8) is 0 Å². The SMILES string of the molecule is O=C(n1ccnc1)C1(OCC2CC2)NC=Cc2ccccc21. The van der Waals surface area contributed by atoms with Crippen LogP contribution in [0.4, 0.5) is 0 Å². The molecule has 0 radical (unpaired) electrons. The summed E-state index contributed by atoms with van der Waals surface area (Å²) in [5.41, 5.74) is 0.650. The second kappa shape index (κ2) is 5.10. The standard InChI is InChI=1S/C17H17N3O2/c21-16(20-10-9-18-12-20)17(22-11-13-5-6-13)15-4-2-1-3-14(15)7-8-19-17/h1-4,7-10,12-13,19H,5-6,11H2. The van der Waals surface area contributed by atoms with E-state index in [9.17, 15) is 4.79 Å². The molecule has 112 valence electrons. The topological polar surface area (TPSA) is 56.2 Å². The van der Waals surface area contributed by atoms with E-state index in [2.05, 4.69) is 10.3 Å². The highest BCUT2D eigenvalue weighted by Gasteiger charge is 2.45. The van der Waals surface area contributed by atoms with Crippen LogP contribution in [0.15, 0.2) is 49.2 Å². The lowest BCUT2D eigenvalue weighted by atomic mass is 9.93. The van der Waals surface area contributed by atoms with Crippen molar-refractivity contribution >= 4 is 12.0 Å². The minimum absolute atomic E-state index is 0.178. The zero-order valence-corrected chi connectivity index (χ0v) is 12.1. The summed E-state index contributed by atoms with van der Waals surface area (Å²) in [5, 5.41) is 3.16. The van der Waals surface area contributed by atoms with E-state index in [-0.39, 0.29) is 5.91 Å². The Morgan fingerprint density at radius 1 is 1.41 bits per heavy atom. The van der Waals surface area contributed by atoms with E-state index < -0.39 is 5.72 Å². The van der Waals surface area contributed by atoms with E-state index in [0.29, 0.717) is 12.5 Å². The van der Waals surface area contributed by atoms with Crippen LogP contribution in [0.5, 0.6) is 0 Å². The third-order valence-electron chi connectivity index (χ3n) is 4.16. The van der Waals surface area contributed by atoms with Crippen molar-refractivity contribution in [3.05, 3.63) is 60.3 Å². The molecule has 1 N–H and O–H groups in total. The molecule has 1 aliphatic carbocycles. The van der Waals surface area contributed by atoms with Crippen LogP contribution in [0.25, 0.3) is 6.08 Å². The zero-order valence-electron chi connectivity index (χ0n) is 12.1. The summed E-state index contributed by atoms with van der Waals surface area (Å²) in [6, 6.07) is 7.81. The van der Waals surface area contributed by atoms with Gasteiger partial charge in [-0.15, -0.1) is 0 Å². The quantitative estimate of drug-likeness (QED) is 0.941. The Balaban J connectivity index is 1.78. The second-order valence-electron chi connectivity index (χ2n) is 5.78. The Morgan fingerprint density at radius 2 is 2.27 bits per heavy atom. The Bertz CT molecular complexity index is 719. The predicted octanol–water partition coefficient (Wildman–Crippen LogP) is 2.38. The van der Waals surface area contributed by atoms with Gasteiger partial charge in [-0.1, -0.05) is 24.3 Å². The molecular formula is C17H17N3O2. The molecule has 0 bridgehead atoms. The van der Waals surface area contributed by atoms with Crippen molar-refractivity contribution in [2.45, 2.75) is 18.6 Å². The third kappa shape index (κ3) is 2.14. The molecule has 1 aliphatic heterocycles. The molecule has 0 amide bonds. The molecule has 22 heavy (non-hydrogen) atoms. The lowest BCUT2D eigenvalue weighted by Gasteiger charge is -2.36. The number of rotatable bonds is 4. The zero-order chi connectivity index (χ0) is 15.0. The molecule has 0 saturated heterocycles. The van der Waals surface area contributed by atoms with Crippen molar-refractivity contribution in [3.8, 4) is 0 Å². The van der Waals surface area contributed by atoms with Gasteiger partial charge in [0.05, 0.1) is 6.61 Å². The van der Waals surface area contributed by atoms with Gasteiger partial charge in [-0.3, -0.25) is 9.36 Å². The number of imidazole rings is 1. The van der Waals surface area contributed by atoms with Gasteiger partial charge in [0.15, 0.2) is 0 Å². The molecule has 2 aromatic rings. The van der Waals surface area contributed by atoms with Crippen molar-refractivity contribution in [2.24, 2.45) is 5.92 Å². The Labute approximate surface area is 128 Å². The van der Waals surface area contributed by atoms with E-state index in [1.54, 1.807) is 18.6 Å². The molecule has 1 atom stereocenters. The number of ether oxygens (including phenoxy) is 1. The van der Waals surface area contributed by atoms with Gasteiger partial charge in [0.25, 0.3) is 5.91 Å². The van der Waals surface area contributed by atoms with Crippen LogP contribution >= 0.6 is 0 Å². The number of aromatic nitrogens is 2. The van der Waals surface area contributed by atoms with Gasteiger partial charge in [0, 0.05) is 24.2 Å². The molecule has 1 saturated carbocycles. The van der Waals surface area contributed by atoms with Crippen LogP contribution in [-0.2, 0) is 10.5 Å². The van der Waals surface area contributed by atoms with Gasteiger partial charge in [-0.2, -0.15) is 0 Å². The summed E-state index contributed by atoms with van der Waals surface area (Å²) in [6.07, 6.45) is 10.8. The molecule has 4 rings (SSSR count). The maximum Gasteiger partial charge on any atom is 0.290 e. The summed E-state index contributed by atoms with van der Waals surface area (Å²) >= 11 is 0. The summed E-state index contributed by atoms with van der Waals surface area (Å²) in [4.78, 5) is 17.1. The number of nitrogens with zero attached hydrogens (tertiary/aromatic N) is 2. The van der Waals surface area contributed by atoms with Crippen LogP contribution in [0, 0.1) is 5.92 Å². The summed E-state index contributed by atoms with van der Waals surface area (Å²) in [5.74, 6) is 0.384. The Morgan fingerprint density at radius 3 is 3.05 bits per heavy atom. The van der Waals surface area contributed by atoms with E-state index in [1.165, 1.54) is 23.7 Å². The summed E-state index contributed by atoms with van der Waals surface area (Å²) < 4.78 is 7.61. The van der Waals surface area contributed by atoms with Crippen LogP contribution in [0.1, 0.15) is 28.8 Å². The first-order chi connectivity index (χ1) is 10.8. The maximum atomic E-state index is 13.1. The predicted molar refractivity (Wildman–Crippen MR) is 81.8 cm³/mol. The van der Waals surface area contributed by atoms with Crippen molar-refractivity contribution < 1.29 is 9.53 Å². The van der Waals surface area contributed by atoms with Gasteiger partial charge < -0.3 is 10.1 Å². The molecule has 2 aliphatic rings. The van der Waals surface area contributed by atoms with Gasteiger partial charge in [0.2, 0.25) is 5.72 Å². The minimum Gasteiger partial charge on any atom is -0.352 e. The first-order valence-electron chi connectivity index (χ1n) is 7.50. The van der Waals surface area contributed by atoms with Crippen molar-refractivity contribution in [2.75, 3.05) is 6.61 Å². The van der Waals surface area contributed by atoms with Crippen LogP contribution in [0.3, 0.4) is 0 Å². The van der Waals surface area contributed by atoms with Crippen molar-refractivity contribution in [1.82, 2.24) is 14.9 Å². The maximum absolute atomic E-state index is 13.1. The van der Waals surface area contributed by atoms with Crippen LogP contribution < -0.4 is 5.32 Å². The highest BCUT2D eigenvalue weighted by atomic mass is 16.5. The monoisotopic (exact) mass is 295 g/mol. The number of fused-ring (bicyclic) bond motifs is 1. The molecule has 1 aromatic heterocycles. The number of benzene rings is 1. The first kappa shape index (κ1) is 13.3. The fourth-order valence-electron chi connectivity index (χ4n) is 2.74. The number of carbonyl (C=O) groups excluding carboxylic acids is 1. The molecule has 1 unspecified atom stereocenters. The Hall–Kier alpha value is -2.40. The lowest BCUT2D eigenvalue weighted by molar-refractivity contribution is -0.0540.